The fourth-order valence-electron chi connectivity index (χ4n) is 2.74. The van der Waals surface area contributed by atoms with E-state index in [1.165, 1.54) is 18.2 Å². The summed E-state index contributed by atoms with van der Waals surface area (Å²) in [7, 11) is 0. The van der Waals surface area contributed by atoms with Crippen LogP contribution >= 0.6 is 11.6 Å². The summed E-state index contributed by atoms with van der Waals surface area (Å²) in [6, 6.07) is 4.23. The standard InChI is InChI=1S/C16H22ClFN2O2/c17-12-2-1-3-13(18)16(12)14(21)10-20-15(22)5-4-11-6-8-19-9-7-11/h1-3,11,14,19,21H,4-10H2,(H,20,22). The van der Waals surface area contributed by atoms with Crippen molar-refractivity contribution >= 4 is 17.5 Å². The Balaban J connectivity index is 1.75. The minimum Gasteiger partial charge on any atom is -0.386 e. The van der Waals surface area contributed by atoms with Crippen molar-refractivity contribution in [2.45, 2.75) is 31.8 Å². The lowest BCUT2D eigenvalue weighted by Gasteiger charge is -2.22. The summed E-state index contributed by atoms with van der Waals surface area (Å²) < 4.78 is 13.7. The molecule has 122 valence electrons. The number of hydrogen-bond donors (Lipinski definition) is 3. The maximum Gasteiger partial charge on any atom is 0.220 e. The van der Waals surface area contributed by atoms with Gasteiger partial charge in [-0.1, -0.05) is 17.7 Å². The Morgan fingerprint density at radius 3 is 2.86 bits per heavy atom. The van der Waals surface area contributed by atoms with Gasteiger partial charge in [0.05, 0.1) is 0 Å². The molecule has 0 saturated carbocycles. The molecule has 3 N–H and O–H groups in total. The van der Waals surface area contributed by atoms with Crippen molar-refractivity contribution in [1.29, 1.82) is 0 Å². The third-order valence-electron chi connectivity index (χ3n) is 4.06. The normalized spacial score (nSPS) is 17.2. The van der Waals surface area contributed by atoms with E-state index >= 15 is 0 Å². The predicted molar refractivity (Wildman–Crippen MR) is 84.2 cm³/mol. The summed E-state index contributed by atoms with van der Waals surface area (Å²) in [6.45, 7) is 1.99. The molecule has 1 fully saturated rings. The Labute approximate surface area is 135 Å². The van der Waals surface area contributed by atoms with Crippen LogP contribution in [0.4, 0.5) is 4.39 Å². The van der Waals surface area contributed by atoms with Gasteiger partial charge in [0, 0.05) is 23.6 Å². The van der Waals surface area contributed by atoms with Crippen LogP contribution < -0.4 is 10.6 Å². The second kappa shape index (κ2) is 8.46. The van der Waals surface area contributed by atoms with Gasteiger partial charge in [0.1, 0.15) is 11.9 Å². The lowest BCUT2D eigenvalue weighted by atomic mass is 9.93. The number of halogens is 2. The van der Waals surface area contributed by atoms with Crippen LogP contribution in [0.15, 0.2) is 18.2 Å². The minimum atomic E-state index is -1.14. The molecule has 0 radical (unpaired) electrons. The van der Waals surface area contributed by atoms with Gasteiger partial charge in [0.2, 0.25) is 5.91 Å². The molecule has 1 unspecified atom stereocenters. The summed E-state index contributed by atoms with van der Waals surface area (Å²) in [6.07, 6.45) is 2.34. The van der Waals surface area contributed by atoms with E-state index in [4.69, 9.17) is 11.6 Å². The second-order valence-corrected chi connectivity index (χ2v) is 6.09. The molecule has 22 heavy (non-hydrogen) atoms. The highest BCUT2D eigenvalue weighted by Crippen LogP contribution is 2.25. The van der Waals surface area contributed by atoms with Crippen LogP contribution in [0, 0.1) is 11.7 Å². The number of hydrogen-bond acceptors (Lipinski definition) is 3. The molecule has 1 heterocycles. The van der Waals surface area contributed by atoms with Gasteiger partial charge in [-0.05, 0) is 50.4 Å². The van der Waals surface area contributed by atoms with Gasteiger partial charge in [-0.2, -0.15) is 0 Å². The number of nitrogens with one attached hydrogen (secondary N) is 2. The molecule has 1 saturated heterocycles. The van der Waals surface area contributed by atoms with Crippen LogP contribution in [0.2, 0.25) is 5.02 Å². The first kappa shape index (κ1) is 17.2. The maximum absolute atomic E-state index is 13.7. The van der Waals surface area contributed by atoms with Gasteiger partial charge in [0.25, 0.3) is 0 Å². The monoisotopic (exact) mass is 328 g/mol. The van der Waals surface area contributed by atoms with Crippen LogP contribution in [0.3, 0.4) is 0 Å². The zero-order valence-corrected chi connectivity index (χ0v) is 13.2. The topological polar surface area (TPSA) is 61.4 Å². The first-order valence-corrected chi connectivity index (χ1v) is 8.05. The molecular weight excluding hydrogens is 307 g/mol. The molecule has 1 amide bonds. The first-order valence-electron chi connectivity index (χ1n) is 7.67. The van der Waals surface area contributed by atoms with Crippen molar-refractivity contribution in [3.63, 3.8) is 0 Å². The highest BCUT2D eigenvalue weighted by atomic mass is 35.5. The molecule has 1 aromatic carbocycles. The molecule has 0 aromatic heterocycles. The number of carbonyl (C=O) groups excluding carboxylic acids is 1. The Hall–Kier alpha value is -1.17. The molecule has 2 rings (SSSR count). The Morgan fingerprint density at radius 1 is 1.45 bits per heavy atom. The van der Waals surface area contributed by atoms with Gasteiger partial charge >= 0.3 is 0 Å². The molecule has 4 nitrogen and oxygen atoms in total. The third-order valence-corrected chi connectivity index (χ3v) is 4.39. The number of amides is 1. The fraction of sp³-hybridized carbons (Fsp3) is 0.562. The van der Waals surface area contributed by atoms with E-state index < -0.39 is 11.9 Å². The molecule has 0 aliphatic carbocycles. The van der Waals surface area contributed by atoms with Crippen LogP contribution in [0.25, 0.3) is 0 Å². The van der Waals surface area contributed by atoms with Crippen LogP contribution in [0.1, 0.15) is 37.4 Å². The Morgan fingerprint density at radius 2 is 2.18 bits per heavy atom. The Kier molecular flexibility index (Phi) is 6.61. The number of piperidine rings is 1. The number of benzene rings is 1. The van der Waals surface area contributed by atoms with Gasteiger partial charge in [-0.15, -0.1) is 0 Å². The zero-order valence-electron chi connectivity index (χ0n) is 12.4. The van der Waals surface area contributed by atoms with Crippen molar-refractivity contribution in [3.05, 3.63) is 34.6 Å². The molecule has 6 heteroatoms. The Bertz CT molecular complexity index is 487. The fourth-order valence-corrected chi connectivity index (χ4v) is 3.02. The molecule has 0 bridgehead atoms. The van der Waals surface area contributed by atoms with Gasteiger partial charge in [-0.25, -0.2) is 4.39 Å². The van der Waals surface area contributed by atoms with E-state index in [0.717, 1.165) is 32.4 Å². The van der Waals surface area contributed by atoms with E-state index in [9.17, 15) is 14.3 Å². The van der Waals surface area contributed by atoms with Crippen molar-refractivity contribution in [2.24, 2.45) is 5.92 Å². The summed E-state index contributed by atoms with van der Waals surface area (Å²) in [5, 5.41) is 16.1. The zero-order chi connectivity index (χ0) is 15.9. The largest absolute Gasteiger partial charge is 0.386 e. The van der Waals surface area contributed by atoms with E-state index in [-0.39, 0.29) is 23.0 Å². The average molecular weight is 329 g/mol. The quantitative estimate of drug-likeness (QED) is 0.751. The first-order chi connectivity index (χ1) is 10.6. The predicted octanol–water partition coefficient (Wildman–Crippen LogP) is 2.41. The van der Waals surface area contributed by atoms with Crippen LogP contribution in [-0.4, -0.2) is 30.6 Å². The SMILES string of the molecule is O=C(CCC1CCNCC1)NCC(O)c1c(F)cccc1Cl. The number of carbonyl (C=O) groups is 1. The molecule has 0 spiro atoms. The van der Waals surface area contributed by atoms with E-state index in [0.29, 0.717) is 12.3 Å². The molecule has 1 atom stereocenters. The number of aliphatic hydroxyl groups is 1. The lowest BCUT2D eigenvalue weighted by molar-refractivity contribution is -0.121. The summed E-state index contributed by atoms with van der Waals surface area (Å²) >= 11 is 5.88. The van der Waals surface area contributed by atoms with Crippen molar-refractivity contribution in [1.82, 2.24) is 10.6 Å². The average Bonchev–Trinajstić information content (AvgIpc) is 2.52. The summed E-state index contributed by atoms with van der Waals surface area (Å²) in [5.41, 5.74) is 0.0304. The highest BCUT2D eigenvalue weighted by Gasteiger charge is 2.18. The lowest BCUT2D eigenvalue weighted by Crippen LogP contribution is -2.31. The van der Waals surface area contributed by atoms with Gasteiger partial charge < -0.3 is 15.7 Å². The third kappa shape index (κ3) is 4.93. The summed E-state index contributed by atoms with van der Waals surface area (Å²) in [5.74, 6) is -0.105. The molecular formula is C16H22ClFN2O2. The van der Waals surface area contributed by atoms with E-state index in [2.05, 4.69) is 10.6 Å². The van der Waals surface area contributed by atoms with E-state index in [1.807, 2.05) is 0 Å². The molecule has 1 aliphatic heterocycles. The summed E-state index contributed by atoms with van der Waals surface area (Å²) in [4.78, 5) is 11.8. The van der Waals surface area contributed by atoms with E-state index in [1.54, 1.807) is 0 Å². The second-order valence-electron chi connectivity index (χ2n) is 5.69. The van der Waals surface area contributed by atoms with Crippen molar-refractivity contribution in [2.75, 3.05) is 19.6 Å². The minimum absolute atomic E-state index is 0.0304. The van der Waals surface area contributed by atoms with Crippen molar-refractivity contribution < 1.29 is 14.3 Å². The highest BCUT2D eigenvalue weighted by molar-refractivity contribution is 6.31. The van der Waals surface area contributed by atoms with Gasteiger partial charge in [0.15, 0.2) is 0 Å². The van der Waals surface area contributed by atoms with Crippen molar-refractivity contribution in [3.8, 4) is 0 Å². The number of aliphatic hydroxyl groups excluding tert-OH is 1. The smallest absolute Gasteiger partial charge is 0.220 e. The molecule has 1 aromatic rings. The van der Waals surface area contributed by atoms with Crippen LogP contribution in [0.5, 0.6) is 0 Å². The number of rotatable bonds is 6. The van der Waals surface area contributed by atoms with Gasteiger partial charge in [-0.3, -0.25) is 4.79 Å². The maximum atomic E-state index is 13.7. The molecule has 1 aliphatic rings. The van der Waals surface area contributed by atoms with Crippen LogP contribution in [-0.2, 0) is 4.79 Å².